The minimum Gasteiger partial charge on any atom is -0.215 e. The Morgan fingerprint density at radius 2 is 2.14 bits per heavy atom. The van der Waals surface area contributed by atoms with E-state index in [4.69, 9.17) is 11.6 Å². The second-order valence-electron chi connectivity index (χ2n) is 4.16. The molecule has 0 aromatic heterocycles. The molecule has 0 radical (unpaired) electrons. The zero-order valence-electron chi connectivity index (χ0n) is 8.50. The van der Waals surface area contributed by atoms with Crippen molar-refractivity contribution in [2.45, 2.75) is 26.2 Å². The Balaban J connectivity index is 2.20. The lowest BCUT2D eigenvalue weighted by molar-refractivity contribution is 0.528. The summed E-state index contributed by atoms with van der Waals surface area (Å²) in [7, 11) is -3.02. The third-order valence-corrected chi connectivity index (χ3v) is 4.14. The molecule has 1 saturated carbocycles. The summed E-state index contributed by atoms with van der Waals surface area (Å²) in [5.41, 5.74) is 0. The summed E-state index contributed by atoms with van der Waals surface area (Å²) in [4.78, 5) is 0. The van der Waals surface area contributed by atoms with Gasteiger partial charge in [0, 0.05) is 12.4 Å². The minimum absolute atomic E-state index is 0.306. The van der Waals surface area contributed by atoms with Gasteiger partial charge < -0.3 is 0 Å². The van der Waals surface area contributed by atoms with Crippen molar-refractivity contribution in [1.82, 2.24) is 4.72 Å². The van der Waals surface area contributed by atoms with Crippen molar-refractivity contribution in [3.8, 4) is 0 Å². The van der Waals surface area contributed by atoms with Crippen molar-refractivity contribution in [1.29, 1.82) is 0 Å². The topological polar surface area (TPSA) is 46.2 Å². The lowest BCUT2D eigenvalue weighted by atomic mass is 10.1. The fraction of sp³-hybridized carbons (Fsp3) is 1.00. The van der Waals surface area contributed by atoms with E-state index in [2.05, 4.69) is 4.72 Å². The molecule has 0 aliphatic heterocycles. The summed E-state index contributed by atoms with van der Waals surface area (Å²) in [6.07, 6.45) is 2.99. The van der Waals surface area contributed by atoms with Crippen LogP contribution in [0, 0.1) is 11.8 Å². The Morgan fingerprint density at radius 1 is 1.50 bits per heavy atom. The van der Waals surface area contributed by atoms with E-state index in [0.29, 0.717) is 30.0 Å². The molecule has 14 heavy (non-hydrogen) atoms. The van der Waals surface area contributed by atoms with Gasteiger partial charge in [0.1, 0.15) is 0 Å². The van der Waals surface area contributed by atoms with Crippen LogP contribution in [0.3, 0.4) is 0 Å². The van der Waals surface area contributed by atoms with Crippen molar-refractivity contribution in [3.63, 3.8) is 0 Å². The van der Waals surface area contributed by atoms with Crippen molar-refractivity contribution in [3.05, 3.63) is 0 Å². The molecule has 0 heterocycles. The lowest BCUT2D eigenvalue weighted by Gasteiger charge is -2.11. The molecule has 84 valence electrons. The number of alkyl halides is 1. The molecular formula is C9H18ClNO2S. The van der Waals surface area contributed by atoms with Crippen LogP contribution in [0.5, 0.6) is 0 Å². The van der Waals surface area contributed by atoms with Crippen LogP contribution in [0.2, 0.25) is 0 Å². The Bertz CT molecular complexity index is 262. The van der Waals surface area contributed by atoms with Crippen LogP contribution in [0.15, 0.2) is 0 Å². The molecule has 3 nitrogen and oxygen atoms in total. The molecule has 0 saturated heterocycles. The third-order valence-electron chi connectivity index (χ3n) is 2.41. The second kappa shape index (κ2) is 5.33. The lowest BCUT2D eigenvalue weighted by Crippen LogP contribution is -2.31. The van der Waals surface area contributed by atoms with Gasteiger partial charge in [0.05, 0.1) is 5.75 Å². The van der Waals surface area contributed by atoms with E-state index >= 15 is 0 Å². The van der Waals surface area contributed by atoms with Crippen LogP contribution >= 0.6 is 11.6 Å². The van der Waals surface area contributed by atoms with Crippen molar-refractivity contribution >= 4 is 21.6 Å². The maximum atomic E-state index is 11.4. The predicted octanol–water partition coefficient (Wildman–Crippen LogP) is 1.58. The van der Waals surface area contributed by atoms with E-state index in [-0.39, 0.29) is 0 Å². The Morgan fingerprint density at radius 3 is 2.64 bits per heavy atom. The zero-order chi connectivity index (χ0) is 10.6. The molecule has 1 fully saturated rings. The summed E-state index contributed by atoms with van der Waals surface area (Å²) < 4.78 is 25.5. The monoisotopic (exact) mass is 239 g/mol. The molecule has 0 aromatic carbocycles. The molecule has 0 amide bonds. The molecule has 1 aliphatic rings. The number of halogens is 1. The number of hydrogen-bond donors (Lipinski definition) is 1. The number of hydrogen-bond acceptors (Lipinski definition) is 2. The molecule has 0 bridgehead atoms. The smallest absolute Gasteiger partial charge is 0.211 e. The Kier molecular flexibility index (Phi) is 4.67. The van der Waals surface area contributed by atoms with Gasteiger partial charge in [-0.05, 0) is 31.1 Å². The van der Waals surface area contributed by atoms with Gasteiger partial charge in [0.2, 0.25) is 10.0 Å². The standard InChI is InChI=1S/C9H18ClNO2S/c1-8(4-5-10)6-11-14(12,13)7-9-2-3-9/h8-9,11H,2-7H2,1H3. The maximum absolute atomic E-state index is 11.4. The van der Waals surface area contributed by atoms with Crippen molar-refractivity contribution < 1.29 is 8.42 Å². The molecule has 5 heteroatoms. The first kappa shape index (κ1) is 12.3. The van der Waals surface area contributed by atoms with Gasteiger partial charge in [-0.25, -0.2) is 13.1 Å². The molecule has 1 aliphatic carbocycles. The largest absolute Gasteiger partial charge is 0.215 e. The van der Waals surface area contributed by atoms with E-state index in [1.807, 2.05) is 6.92 Å². The van der Waals surface area contributed by atoms with Gasteiger partial charge in [-0.15, -0.1) is 11.6 Å². The highest BCUT2D eigenvalue weighted by Gasteiger charge is 2.27. The summed E-state index contributed by atoms with van der Waals surface area (Å²) >= 11 is 5.56. The number of sulfonamides is 1. The van der Waals surface area contributed by atoms with Crippen LogP contribution in [0.4, 0.5) is 0 Å². The first-order chi connectivity index (χ1) is 6.53. The third kappa shape index (κ3) is 5.17. The van der Waals surface area contributed by atoms with Crippen molar-refractivity contribution in [2.75, 3.05) is 18.2 Å². The average molecular weight is 240 g/mol. The molecule has 0 spiro atoms. The highest BCUT2D eigenvalue weighted by molar-refractivity contribution is 7.89. The molecule has 1 unspecified atom stereocenters. The Labute approximate surface area is 91.3 Å². The van der Waals surface area contributed by atoms with E-state index in [1.165, 1.54) is 0 Å². The van der Waals surface area contributed by atoms with Gasteiger partial charge in [0.15, 0.2) is 0 Å². The van der Waals surface area contributed by atoms with E-state index < -0.39 is 10.0 Å². The summed E-state index contributed by atoms with van der Waals surface area (Å²) in [5, 5.41) is 0. The first-order valence-corrected chi connectivity index (χ1v) is 7.25. The molecule has 0 aromatic rings. The van der Waals surface area contributed by atoms with Crippen molar-refractivity contribution in [2.24, 2.45) is 11.8 Å². The zero-order valence-corrected chi connectivity index (χ0v) is 10.1. The summed E-state index contributed by atoms with van der Waals surface area (Å²) in [6, 6.07) is 0. The normalized spacial score (nSPS) is 19.6. The van der Waals surface area contributed by atoms with Crippen LogP contribution in [-0.4, -0.2) is 26.6 Å². The fourth-order valence-corrected chi connectivity index (χ4v) is 3.19. The second-order valence-corrected chi connectivity index (χ2v) is 6.39. The van der Waals surface area contributed by atoms with Crippen LogP contribution in [0.1, 0.15) is 26.2 Å². The maximum Gasteiger partial charge on any atom is 0.211 e. The molecule has 1 rings (SSSR count). The molecular weight excluding hydrogens is 222 g/mol. The van der Waals surface area contributed by atoms with Gasteiger partial charge in [0.25, 0.3) is 0 Å². The first-order valence-electron chi connectivity index (χ1n) is 5.07. The van der Waals surface area contributed by atoms with E-state index in [1.54, 1.807) is 0 Å². The summed E-state index contributed by atoms with van der Waals surface area (Å²) in [5.74, 6) is 1.63. The van der Waals surface area contributed by atoms with Crippen LogP contribution in [-0.2, 0) is 10.0 Å². The molecule has 1 N–H and O–H groups in total. The molecule has 1 atom stereocenters. The van der Waals surface area contributed by atoms with Gasteiger partial charge in [-0.2, -0.15) is 0 Å². The van der Waals surface area contributed by atoms with Gasteiger partial charge in [-0.3, -0.25) is 0 Å². The van der Waals surface area contributed by atoms with E-state index in [9.17, 15) is 8.42 Å². The minimum atomic E-state index is -3.02. The summed E-state index contributed by atoms with van der Waals surface area (Å²) in [6.45, 7) is 2.52. The van der Waals surface area contributed by atoms with Gasteiger partial charge in [-0.1, -0.05) is 6.92 Å². The highest BCUT2D eigenvalue weighted by atomic mass is 35.5. The predicted molar refractivity (Wildman–Crippen MR) is 59.0 cm³/mol. The van der Waals surface area contributed by atoms with Crippen LogP contribution in [0.25, 0.3) is 0 Å². The fourth-order valence-electron chi connectivity index (χ4n) is 1.21. The van der Waals surface area contributed by atoms with Gasteiger partial charge >= 0.3 is 0 Å². The number of nitrogens with one attached hydrogen (secondary N) is 1. The quantitative estimate of drug-likeness (QED) is 0.686. The SMILES string of the molecule is CC(CCCl)CNS(=O)(=O)CC1CC1. The highest BCUT2D eigenvalue weighted by Crippen LogP contribution is 2.29. The Hall–Kier alpha value is 0.200. The van der Waals surface area contributed by atoms with Crippen LogP contribution < -0.4 is 4.72 Å². The average Bonchev–Trinajstić information content (AvgIpc) is 2.85. The number of rotatable bonds is 7. The van der Waals surface area contributed by atoms with E-state index in [0.717, 1.165) is 19.3 Å².